The average Bonchev–Trinajstić information content (AvgIpc) is 3.52. The van der Waals surface area contributed by atoms with E-state index in [9.17, 15) is 27.5 Å². The van der Waals surface area contributed by atoms with E-state index in [1.807, 2.05) is 0 Å². The summed E-state index contributed by atoms with van der Waals surface area (Å²) < 4.78 is 46.6. The number of benzene rings is 1. The Morgan fingerprint density at radius 2 is 2.09 bits per heavy atom. The number of sulfonamides is 1. The Balaban J connectivity index is 1.56. The zero-order valence-electron chi connectivity index (χ0n) is 17.8. The highest BCUT2D eigenvalue weighted by molar-refractivity contribution is 7.89. The molecule has 2 fully saturated rings. The number of carbonyl (C=O) groups is 2. The molecule has 32 heavy (non-hydrogen) atoms. The van der Waals surface area contributed by atoms with Crippen LogP contribution in [0.5, 0.6) is 5.75 Å². The van der Waals surface area contributed by atoms with Crippen molar-refractivity contribution in [3.05, 3.63) is 41.7 Å². The first-order chi connectivity index (χ1) is 15.1. The molecule has 1 aliphatic carbocycles. The summed E-state index contributed by atoms with van der Waals surface area (Å²) in [5, 5.41) is 13.2. The number of nitrogens with zero attached hydrogens (tertiary/aromatic N) is 1. The van der Waals surface area contributed by atoms with Crippen molar-refractivity contribution in [2.24, 2.45) is 5.92 Å². The van der Waals surface area contributed by atoms with Crippen molar-refractivity contribution in [3.8, 4) is 5.75 Å². The molecule has 1 heterocycles. The van der Waals surface area contributed by atoms with Gasteiger partial charge in [-0.3, -0.25) is 10.1 Å². The summed E-state index contributed by atoms with van der Waals surface area (Å²) >= 11 is 0. The van der Waals surface area contributed by atoms with Gasteiger partial charge in [0.05, 0.1) is 12.4 Å². The molecule has 1 atom stereocenters. The van der Waals surface area contributed by atoms with Gasteiger partial charge in [-0.1, -0.05) is 25.1 Å². The minimum absolute atomic E-state index is 0.0384. The highest BCUT2D eigenvalue weighted by Gasteiger charge is 2.30. The normalized spacial score (nSPS) is 18.8. The van der Waals surface area contributed by atoms with E-state index < -0.39 is 33.4 Å². The van der Waals surface area contributed by atoms with E-state index in [0.717, 1.165) is 12.8 Å². The first-order valence-corrected chi connectivity index (χ1v) is 12.1. The molecule has 3 rings (SSSR count). The molecule has 1 saturated heterocycles. The van der Waals surface area contributed by atoms with Crippen LogP contribution < -0.4 is 14.8 Å². The lowest BCUT2D eigenvalue weighted by molar-refractivity contribution is -0.118. The van der Waals surface area contributed by atoms with Gasteiger partial charge in [0.2, 0.25) is 15.9 Å². The summed E-state index contributed by atoms with van der Waals surface area (Å²) in [6, 6.07) is 3.51. The van der Waals surface area contributed by atoms with Gasteiger partial charge in [0, 0.05) is 13.1 Å². The van der Waals surface area contributed by atoms with Crippen LogP contribution in [0.3, 0.4) is 0 Å². The molecule has 1 aromatic carbocycles. The van der Waals surface area contributed by atoms with Crippen molar-refractivity contribution in [2.45, 2.75) is 31.8 Å². The van der Waals surface area contributed by atoms with Crippen LogP contribution in [0.25, 0.3) is 0 Å². The minimum atomic E-state index is -3.77. The highest BCUT2D eigenvalue weighted by Crippen LogP contribution is 2.32. The Morgan fingerprint density at radius 3 is 2.72 bits per heavy atom. The number of hydrogen-bond acceptors (Lipinski definition) is 6. The second kappa shape index (κ2) is 9.97. The zero-order valence-corrected chi connectivity index (χ0v) is 18.7. The molecule has 9 nitrogen and oxygen atoms in total. The van der Waals surface area contributed by atoms with Crippen molar-refractivity contribution in [1.29, 1.82) is 0 Å². The number of ether oxygens (including phenoxy) is 1. The van der Waals surface area contributed by atoms with Crippen LogP contribution in [0.15, 0.2) is 30.4 Å². The van der Waals surface area contributed by atoms with Crippen LogP contribution in [0.1, 0.15) is 31.7 Å². The number of rotatable bonds is 12. The van der Waals surface area contributed by atoms with Crippen LogP contribution in [-0.2, 0) is 20.4 Å². The number of aliphatic hydroxyl groups is 1. The second-order valence-corrected chi connectivity index (χ2v) is 9.94. The van der Waals surface area contributed by atoms with Gasteiger partial charge in [0.1, 0.15) is 12.1 Å². The minimum Gasteiger partial charge on any atom is -0.490 e. The van der Waals surface area contributed by atoms with Crippen LogP contribution >= 0.6 is 0 Å². The average molecular weight is 470 g/mol. The second-order valence-electron chi connectivity index (χ2n) is 8.09. The third-order valence-corrected chi connectivity index (χ3v) is 6.70. The molecule has 176 valence electrons. The monoisotopic (exact) mass is 469 g/mol. The summed E-state index contributed by atoms with van der Waals surface area (Å²) in [5.41, 5.74) is -1.19. The Hall–Kier alpha value is -2.50. The molecule has 0 radical (unpaired) electrons. The Bertz CT molecular complexity index is 995. The molecule has 1 saturated carbocycles. The molecule has 0 bridgehead atoms. The molecule has 1 aromatic rings. The van der Waals surface area contributed by atoms with Gasteiger partial charge in [-0.15, -0.1) is 0 Å². The standard InChI is InChI=1S/C21H28FN3O6S/c1-2-21(28,16-7-8-17(22)18(11-16)31-13-15-5-6-15)14-23-32(29,30)10-4-3-9-25-12-19(26)24-20(25)27/h3-4,7-8,11,15,23,28H,2,5-6,9-10,12-14H2,1H3,(H,24,26,27)/b4-3+/t21-/m1/s1. The van der Waals surface area contributed by atoms with Gasteiger partial charge in [-0.2, -0.15) is 0 Å². The number of imide groups is 1. The van der Waals surface area contributed by atoms with E-state index in [4.69, 9.17) is 4.74 Å². The van der Waals surface area contributed by atoms with Gasteiger partial charge >= 0.3 is 6.03 Å². The van der Waals surface area contributed by atoms with E-state index in [2.05, 4.69) is 10.0 Å². The first-order valence-electron chi connectivity index (χ1n) is 10.5. The van der Waals surface area contributed by atoms with Crippen molar-refractivity contribution in [1.82, 2.24) is 14.9 Å². The fourth-order valence-corrected chi connectivity index (χ4v) is 4.11. The third-order valence-electron chi connectivity index (χ3n) is 5.49. The van der Waals surface area contributed by atoms with Gasteiger partial charge in [0.15, 0.2) is 11.6 Å². The van der Waals surface area contributed by atoms with E-state index in [1.54, 1.807) is 6.92 Å². The first kappa shape index (κ1) is 24.1. The number of nitrogens with one attached hydrogen (secondary N) is 2. The quantitative estimate of drug-likeness (QED) is 0.312. The SMILES string of the molecule is CC[C@@](O)(CNS(=O)(=O)C/C=C/CN1CC(=O)NC1=O)c1ccc(F)c(OCC2CC2)c1. The Morgan fingerprint density at radius 1 is 1.34 bits per heavy atom. The maximum Gasteiger partial charge on any atom is 0.324 e. The van der Waals surface area contributed by atoms with Crippen LogP contribution in [-0.4, -0.2) is 62.4 Å². The van der Waals surface area contributed by atoms with Crippen molar-refractivity contribution in [2.75, 3.05) is 32.0 Å². The Labute approximate surface area is 186 Å². The lowest BCUT2D eigenvalue weighted by atomic mass is 9.91. The number of urea groups is 1. The van der Waals surface area contributed by atoms with Crippen molar-refractivity contribution < 1.29 is 32.2 Å². The maximum atomic E-state index is 14.1. The fourth-order valence-electron chi connectivity index (χ4n) is 3.14. The molecule has 0 spiro atoms. The smallest absolute Gasteiger partial charge is 0.324 e. The molecule has 0 unspecified atom stereocenters. The highest BCUT2D eigenvalue weighted by atomic mass is 32.2. The third kappa shape index (κ3) is 6.50. The maximum absolute atomic E-state index is 14.1. The van der Waals surface area contributed by atoms with E-state index >= 15 is 0 Å². The summed E-state index contributed by atoms with van der Waals surface area (Å²) in [6.07, 6.45) is 5.15. The van der Waals surface area contributed by atoms with Gasteiger partial charge in [0.25, 0.3) is 0 Å². The van der Waals surface area contributed by atoms with Crippen LogP contribution in [0.2, 0.25) is 0 Å². The fraction of sp³-hybridized carbons (Fsp3) is 0.524. The lowest BCUT2D eigenvalue weighted by Gasteiger charge is -2.28. The lowest BCUT2D eigenvalue weighted by Crippen LogP contribution is -2.41. The van der Waals surface area contributed by atoms with E-state index in [0.29, 0.717) is 18.1 Å². The zero-order chi connectivity index (χ0) is 23.4. The Kier molecular flexibility index (Phi) is 7.52. The number of amides is 3. The number of halogens is 1. The molecule has 11 heteroatoms. The number of carbonyl (C=O) groups excluding carboxylic acids is 2. The van der Waals surface area contributed by atoms with E-state index in [1.165, 1.54) is 35.3 Å². The summed E-state index contributed by atoms with van der Waals surface area (Å²) in [7, 11) is -3.77. The van der Waals surface area contributed by atoms with Gasteiger partial charge in [-0.05, 0) is 42.9 Å². The summed E-state index contributed by atoms with van der Waals surface area (Å²) in [6.45, 7) is 1.85. The van der Waals surface area contributed by atoms with Gasteiger partial charge in [-0.25, -0.2) is 22.3 Å². The predicted molar refractivity (Wildman–Crippen MR) is 115 cm³/mol. The largest absolute Gasteiger partial charge is 0.490 e. The van der Waals surface area contributed by atoms with Crippen LogP contribution in [0, 0.1) is 11.7 Å². The van der Waals surface area contributed by atoms with Crippen molar-refractivity contribution >= 4 is 22.0 Å². The van der Waals surface area contributed by atoms with Gasteiger partial charge < -0.3 is 14.7 Å². The summed E-state index contributed by atoms with van der Waals surface area (Å²) in [4.78, 5) is 23.8. The molecular formula is C21H28FN3O6S. The topological polar surface area (TPSA) is 125 Å². The molecule has 3 N–H and O–H groups in total. The molecule has 0 aromatic heterocycles. The predicted octanol–water partition coefficient (Wildman–Crippen LogP) is 1.24. The van der Waals surface area contributed by atoms with Crippen molar-refractivity contribution in [3.63, 3.8) is 0 Å². The molecular weight excluding hydrogens is 441 g/mol. The van der Waals surface area contributed by atoms with E-state index in [-0.39, 0.29) is 37.6 Å². The summed E-state index contributed by atoms with van der Waals surface area (Å²) in [5.74, 6) is -0.833. The van der Waals surface area contributed by atoms with Crippen LogP contribution in [0.4, 0.5) is 9.18 Å². The molecule has 1 aliphatic heterocycles. The molecule has 3 amide bonds. The number of hydrogen-bond donors (Lipinski definition) is 3. The molecule has 2 aliphatic rings.